The SMILES string of the molecule is O=C(COC(=O)c1ccc([N+](=O)[O-])s1)Nc1c(F)cccc1F. The number of ether oxygens (including phenoxy) is 1. The maximum atomic E-state index is 13.3. The number of esters is 1. The van der Waals surface area contributed by atoms with E-state index in [1.165, 1.54) is 6.07 Å². The standard InChI is InChI=1S/C13H8F2N2O5S/c14-7-2-1-3-8(15)12(7)16-10(18)6-22-13(19)9-4-5-11(23-9)17(20)21/h1-5H,6H2,(H,16,18). The van der Waals surface area contributed by atoms with E-state index in [9.17, 15) is 28.5 Å². The summed E-state index contributed by atoms with van der Waals surface area (Å²) >= 11 is 0.584. The predicted octanol–water partition coefficient (Wildman–Crippen LogP) is 2.73. The highest BCUT2D eigenvalue weighted by atomic mass is 32.1. The molecule has 1 aromatic heterocycles. The van der Waals surface area contributed by atoms with Gasteiger partial charge in [0.2, 0.25) is 0 Å². The molecule has 0 aliphatic heterocycles. The number of amides is 1. The number of carbonyl (C=O) groups excluding carboxylic acids is 2. The van der Waals surface area contributed by atoms with Crippen LogP contribution in [0.25, 0.3) is 0 Å². The van der Waals surface area contributed by atoms with E-state index in [2.05, 4.69) is 4.74 Å². The first-order valence-corrected chi connectivity index (χ1v) is 6.85. The van der Waals surface area contributed by atoms with Crippen LogP contribution < -0.4 is 5.32 Å². The second-order valence-electron chi connectivity index (χ2n) is 4.12. The Labute approximate surface area is 131 Å². The minimum atomic E-state index is -0.974. The zero-order valence-electron chi connectivity index (χ0n) is 11.2. The van der Waals surface area contributed by atoms with Gasteiger partial charge in [-0.1, -0.05) is 17.4 Å². The number of nitrogens with one attached hydrogen (secondary N) is 1. The maximum absolute atomic E-state index is 13.3. The van der Waals surface area contributed by atoms with Crippen molar-refractivity contribution in [2.45, 2.75) is 0 Å². The molecule has 0 aliphatic carbocycles. The number of nitro groups is 1. The van der Waals surface area contributed by atoms with E-state index in [4.69, 9.17) is 0 Å². The maximum Gasteiger partial charge on any atom is 0.349 e. The van der Waals surface area contributed by atoms with Gasteiger partial charge in [0.05, 0.1) is 4.92 Å². The van der Waals surface area contributed by atoms with Gasteiger partial charge in [-0.15, -0.1) is 0 Å². The van der Waals surface area contributed by atoms with Gasteiger partial charge >= 0.3 is 11.0 Å². The Bertz CT molecular complexity index is 757. The summed E-state index contributed by atoms with van der Waals surface area (Å²) < 4.78 is 31.3. The van der Waals surface area contributed by atoms with Crippen LogP contribution in [0.1, 0.15) is 9.67 Å². The Balaban J connectivity index is 1.93. The Morgan fingerprint density at radius 3 is 2.43 bits per heavy atom. The summed E-state index contributed by atoms with van der Waals surface area (Å²) in [5.74, 6) is -3.85. The van der Waals surface area contributed by atoms with Crippen LogP contribution in [0, 0.1) is 21.7 Å². The van der Waals surface area contributed by atoms with Crippen molar-refractivity contribution in [3.05, 3.63) is 57.0 Å². The fourth-order valence-electron chi connectivity index (χ4n) is 1.53. The molecule has 1 aromatic carbocycles. The number of anilines is 1. The van der Waals surface area contributed by atoms with Crippen LogP contribution in [-0.2, 0) is 9.53 Å². The lowest BCUT2D eigenvalue weighted by atomic mass is 10.3. The Morgan fingerprint density at radius 2 is 1.87 bits per heavy atom. The first-order chi connectivity index (χ1) is 10.9. The number of carbonyl (C=O) groups is 2. The van der Waals surface area contributed by atoms with Crippen molar-refractivity contribution >= 4 is 33.9 Å². The van der Waals surface area contributed by atoms with Crippen molar-refractivity contribution in [3.8, 4) is 0 Å². The van der Waals surface area contributed by atoms with Crippen LogP contribution in [-0.4, -0.2) is 23.4 Å². The molecule has 0 spiro atoms. The first-order valence-electron chi connectivity index (χ1n) is 6.03. The summed E-state index contributed by atoms with van der Waals surface area (Å²) in [5.41, 5.74) is -0.652. The van der Waals surface area contributed by atoms with Crippen LogP contribution in [0.3, 0.4) is 0 Å². The normalized spacial score (nSPS) is 10.2. The van der Waals surface area contributed by atoms with E-state index in [1.54, 1.807) is 0 Å². The minimum absolute atomic E-state index is 0.0680. The van der Waals surface area contributed by atoms with E-state index in [0.717, 1.165) is 24.3 Å². The summed E-state index contributed by atoms with van der Waals surface area (Å²) in [6.07, 6.45) is 0. The zero-order valence-corrected chi connectivity index (χ0v) is 12.1. The fourth-order valence-corrected chi connectivity index (χ4v) is 2.24. The molecule has 1 N–H and O–H groups in total. The lowest BCUT2D eigenvalue weighted by Gasteiger charge is -2.07. The minimum Gasteiger partial charge on any atom is -0.451 e. The molecule has 2 rings (SSSR count). The second kappa shape index (κ2) is 6.92. The summed E-state index contributed by atoms with van der Waals surface area (Å²) in [6.45, 7) is -0.793. The van der Waals surface area contributed by atoms with Gasteiger partial charge in [0, 0.05) is 6.07 Å². The Kier molecular flexibility index (Phi) is 4.96. The molecule has 0 saturated carbocycles. The molecule has 0 fully saturated rings. The zero-order chi connectivity index (χ0) is 17.0. The van der Waals surface area contributed by atoms with E-state index in [1.807, 2.05) is 5.32 Å². The van der Waals surface area contributed by atoms with Gasteiger partial charge < -0.3 is 10.1 Å². The monoisotopic (exact) mass is 342 g/mol. The van der Waals surface area contributed by atoms with Crippen molar-refractivity contribution in [1.82, 2.24) is 0 Å². The molecule has 2 aromatic rings. The molecule has 0 saturated heterocycles. The number of halogens is 2. The van der Waals surface area contributed by atoms with Gasteiger partial charge in [0.25, 0.3) is 5.91 Å². The lowest BCUT2D eigenvalue weighted by molar-refractivity contribution is -0.380. The lowest BCUT2D eigenvalue weighted by Crippen LogP contribution is -2.21. The number of hydrogen-bond donors (Lipinski definition) is 1. The van der Waals surface area contributed by atoms with Gasteiger partial charge in [-0.05, 0) is 18.2 Å². The van der Waals surface area contributed by atoms with Crippen molar-refractivity contribution in [1.29, 1.82) is 0 Å². The topological polar surface area (TPSA) is 98.5 Å². The van der Waals surface area contributed by atoms with Crippen LogP contribution in [0.4, 0.5) is 19.5 Å². The quantitative estimate of drug-likeness (QED) is 0.512. The third-order valence-corrected chi connectivity index (χ3v) is 3.55. The van der Waals surface area contributed by atoms with Crippen LogP contribution in [0.15, 0.2) is 30.3 Å². The number of thiophene rings is 1. The van der Waals surface area contributed by atoms with Gasteiger partial charge in [-0.3, -0.25) is 14.9 Å². The Hall–Kier alpha value is -2.88. The van der Waals surface area contributed by atoms with Crippen molar-refractivity contribution in [2.75, 3.05) is 11.9 Å². The van der Waals surface area contributed by atoms with E-state index in [0.29, 0.717) is 11.3 Å². The van der Waals surface area contributed by atoms with Gasteiger partial charge in [-0.2, -0.15) is 0 Å². The van der Waals surface area contributed by atoms with Crippen LogP contribution in [0.2, 0.25) is 0 Å². The second-order valence-corrected chi connectivity index (χ2v) is 5.18. The molecule has 120 valence electrons. The number of para-hydroxylation sites is 1. The number of benzene rings is 1. The highest BCUT2D eigenvalue weighted by Crippen LogP contribution is 2.24. The number of hydrogen-bond acceptors (Lipinski definition) is 6. The van der Waals surface area contributed by atoms with Gasteiger partial charge in [0.15, 0.2) is 6.61 Å². The number of rotatable bonds is 5. The number of nitrogens with zero attached hydrogens (tertiary/aromatic N) is 1. The molecular weight excluding hydrogens is 334 g/mol. The average Bonchev–Trinajstić information content (AvgIpc) is 2.99. The van der Waals surface area contributed by atoms with Crippen molar-refractivity contribution in [2.24, 2.45) is 0 Å². The van der Waals surface area contributed by atoms with Crippen molar-refractivity contribution in [3.63, 3.8) is 0 Å². The molecule has 0 atom stereocenters. The fraction of sp³-hybridized carbons (Fsp3) is 0.0769. The van der Waals surface area contributed by atoms with Crippen LogP contribution in [0.5, 0.6) is 0 Å². The smallest absolute Gasteiger partial charge is 0.349 e. The summed E-state index contributed by atoms with van der Waals surface area (Å²) in [5, 5.41) is 12.2. The molecule has 0 aliphatic rings. The molecule has 0 unspecified atom stereocenters. The van der Waals surface area contributed by atoms with Crippen LogP contribution >= 0.6 is 11.3 Å². The molecule has 1 amide bonds. The summed E-state index contributed by atoms with van der Waals surface area (Å²) in [4.78, 5) is 32.9. The molecule has 10 heteroatoms. The predicted molar refractivity (Wildman–Crippen MR) is 76.2 cm³/mol. The molecular formula is C13H8F2N2O5S. The molecule has 0 radical (unpaired) electrons. The highest BCUT2D eigenvalue weighted by molar-refractivity contribution is 7.17. The largest absolute Gasteiger partial charge is 0.451 e. The molecule has 23 heavy (non-hydrogen) atoms. The Morgan fingerprint density at radius 1 is 1.22 bits per heavy atom. The van der Waals surface area contributed by atoms with Gasteiger partial charge in [-0.25, -0.2) is 13.6 Å². The average molecular weight is 342 g/mol. The van der Waals surface area contributed by atoms with E-state index in [-0.39, 0.29) is 9.88 Å². The summed E-state index contributed by atoms with van der Waals surface area (Å²) in [7, 11) is 0. The molecule has 1 heterocycles. The third kappa shape index (κ3) is 4.07. The third-order valence-electron chi connectivity index (χ3n) is 2.53. The molecule has 0 bridgehead atoms. The van der Waals surface area contributed by atoms with Crippen molar-refractivity contribution < 1.29 is 28.0 Å². The van der Waals surface area contributed by atoms with Gasteiger partial charge in [0.1, 0.15) is 22.2 Å². The van der Waals surface area contributed by atoms with E-state index >= 15 is 0 Å². The summed E-state index contributed by atoms with van der Waals surface area (Å²) in [6, 6.07) is 5.34. The molecule has 7 nitrogen and oxygen atoms in total. The first kappa shape index (κ1) is 16.5. The van der Waals surface area contributed by atoms with E-state index < -0.39 is 40.7 Å². The highest BCUT2D eigenvalue weighted by Gasteiger charge is 2.18.